The highest BCUT2D eigenvalue weighted by molar-refractivity contribution is 7.05. The van der Waals surface area contributed by atoms with Gasteiger partial charge in [0.25, 0.3) is 5.91 Å². The van der Waals surface area contributed by atoms with Crippen LogP contribution >= 0.6 is 11.5 Å². The Bertz CT molecular complexity index is 1040. The van der Waals surface area contributed by atoms with E-state index in [1.807, 2.05) is 35.2 Å². The van der Waals surface area contributed by atoms with Crippen LogP contribution < -0.4 is 4.90 Å². The Labute approximate surface area is 163 Å². The number of benzene rings is 2. The summed E-state index contributed by atoms with van der Waals surface area (Å²) in [6, 6.07) is 16.4. The average Bonchev–Trinajstić information content (AvgIpc) is 3.23. The molecule has 1 saturated carbocycles. The molecule has 0 unspecified atom stereocenters. The summed E-state index contributed by atoms with van der Waals surface area (Å²) in [7, 11) is 0. The van der Waals surface area contributed by atoms with E-state index in [0.29, 0.717) is 12.5 Å². The number of aryl methyl sites for hydroxylation is 1. The van der Waals surface area contributed by atoms with E-state index in [0.717, 1.165) is 35.3 Å². The molecule has 3 aromatic rings. The molecule has 1 aromatic heterocycles. The Morgan fingerprint density at radius 1 is 1.15 bits per heavy atom. The van der Waals surface area contributed by atoms with Crippen LogP contribution in [0.5, 0.6) is 0 Å². The van der Waals surface area contributed by atoms with Crippen LogP contribution in [0, 0.1) is 12.8 Å². The molecule has 0 radical (unpaired) electrons. The van der Waals surface area contributed by atoms with Crippen LogP contribution in [0.3, 0.4) is 0 Å². The second-order valence-corrected chi connectivity index (χ2v) is 8.83. The normalized spacial score (nSPS) is 24.0. The first-order valence-corrected chi connectivity index (χ1v) is 10.2. The molecule has 4 nitrogen and oxygen atoms in total. The third kappa shape index (κ3) is 2.45. The Hall–Kier alpha value is -2.53. The summed E-state index contributed by atoms with van der Waals surface area (Å²) >= 11 is 1.47. The van der Waals surface area contributed by atoms with Crippen molar-refractivity contribution >= 4 is 23.1 Å². The van der Waals surface area contributed by atoms with Crippen LogP contribution in [0.4, 0.5) is 5.69 Å². The fourth-order valence-electron chi connectivity index (χ4n) is 4.80. The van der Waals surface area contributed by atoms with Crippen molar-refractivity contribution in [2.45, 2.75) is 38.6 Å². The number of anilines is 1. The summed E-state index contributed by atoms with van der Waals surface area (Å²) in [5.41, 5.74) is 5.17. The van der Waals surface area contributed by atoms with E-state index in [1.54, 1.807) is 0 Å². The van der Waals surface area contributed by atoms with Crippen LogP contribution in [0.25, 0.3) is 0 Å². The van der Waals surface area contributed by atoms with Gasteiger partial charge in [0.15, 0.2) is 0 Å². The molecule has 1 fully saturated rings. The Kier molecular flexibility index (Phi) is 3.69. The number of hydrogen-bond donors (Lipinski definition) is 0. The molecule has 2 aromatic carbocycles. The molecule has 1 amide bonds. The van der Waals surface area contributed by atoms with Gasteiger partial charge in [-0.25, -0.2) is 0 Å². The van der Waals surface area contributed by atoms with Gasteiger partial charge >= 0.3 is 0 Å². The number of aromatic nitrogens is 2. The quantitative estimate of drug-likeness (QED) is 0.665. The van der Waals surface area contributed by atoms with Gasteiger partial charge in [0.2, 0.25) is 0 Å². The van der Waals surface area contributed by atoms with Crippen molar-refractivity contribution in [2.24, 2.45) is 5.92 Å². The second-order valence-electron chi connectivity index (χ2n) is 7.87. The lowest BCUT2D eigenvalue weighted by Gasteiger charge is -2.46. The van der Waals surface area contributed by atoms with Crippen LogP contribution in [-0.2, 0) is 12.0 Å². The molecule has 5 rings (SSSR count). The topological polar surface area (TPSA) is 46.1 Å². The summed E-state index contributed by atoms with van der Waals surface area (Å²) in [5, 5.41) is 4.48. The van der Waals surface area contributed by atoms with Crippen LogP contribution in [0.15, 0.2) is 48.5 Å². The third-order valence-electron chi connectivity index (χ3n) is 6.03. The molecule has 1 aliphatic carbocycles. The smallest absolute Gasteiger partial charge is 0.258 e. The molecule has 5 heteroatoms. The van der Waals surface area contributed by atoms with E-state index in [9.17, 15) is 4.79 Å². The average molecular weight is 375 g/mol. The minimum Gasteiger partial charge on any atom is -0.304 e. The number of rotatable bonds is 3. The van der Waals surface area contributed by atoms with Crippen LogP contribution in [-0.4, -0.2) is 15.5 Å². The molecule has 2 aliphatic rings. The maximum absolute atomic E-state index is 12.9. The standard InChI is InChI=1S/C22H21N3OS/c1-14-11-22(12-14,20-15(2)27-24-23-20)17-7-5-8-18(10-17)25-13-16-6-3-4-9-19(16)21(25)26/h3-10,14H,11-13H2,1-2H3. The van der Waals surface area contributed by atoms with E-state index >= 15 is 0 Å². The first kappa shape index (κ1) is 16.6. The minimum atomic E-state index is -0.0673. The van der Waals surface area contributed by atoms with Crippen molar-refractivity contribution in [3.8, 4) is 0 Å². The van der Waals surface area contributed by atoms with E-state index in [1.165, 1.54) is 22.0 Å². The number of hydrogen-bond acceptors (Lipinski definition) is 4. The highest BCUT2D eigenvalue weighted by Crippen LogP contribution is 2.53. The first-order chi connectivity index (χ1) is 13.1. The zero-order chi connectivity index (χ0) is 18.6. The molecule has 0 atom stereocenters. The van der Waals surface area contributed by atoms with Gasteiger partial charge in [0, 0.05) is 21.5 Å². The van der Waals surface area contributed by atoms with Gasteiger partial charge in [0.1, 0.15) is 0 Å². The van der Waals surface area contributed by atoms with Crippen molar-refractivity contribution in [3.05, 3.63) is 75.8 Å². The lowest BCUT2D eigenvalue weighted by Crippen LogP contribution is -2.42. The van der Waals surface area contributed by atoms with Gasteiger partial charge in [-0.1, -0.05) is 41.7 Å². The van der Waals surface area contributed by atoms with E-state index in [2.05, 4.69) is 41.6 Å². The molecular weight excluding hydrogens is 354 g/mol. The van der Waals surface area contributed by atoms with Crippen molar-refractivity contribution in [3.63, 3.8) is 0 Å². The number of carbonyl (C=O) groups excluding carboxylic acids is 1. The number of nitrogens with zero attached hydrogens (tertiary/aromatic N) is 3. The molecule has 0 bridgehead atoms. The number of carbonyl (C=O) groups is 1. The predicted molar refractivity (Wildman–Crippen MR) is 107 cm³/mol. The van der Waals surface area contributed by atoms with Gasteiger partial charge in [-0.05, 0) is 66.5 Å². The monoisotopic (exact) mass is 375 g/mol. The molecule has 0 spiro atoms. The first-order valence-electron chi connectivity index (χ1n) is 9.38. The highest BCUT2D eigenvalue weighted by Gasteiger charge is 2.48. The molecular formula is C22H21N3OS. The molecule has 0 saturated heterocycles. The molecule has 1 aliphatic heterocycles. The fraction of sp³-hybridized carbons (Fsp3) is 0.318. The van der Waals surface area contributed by atoms with E-state index < -0.39 is 0 Å². The zero-order valence-electron chi connectivity index (χ0n) is 15.5. The zero-order valence-corrected chi connectivity index (χ0v) is 16.3. The van der Waals surface area contributed by atoms with Crippen molar-refractivity contribution < 1.29 is 4.79 Å². The SMILES string of the molecule is Cc1snnc1C1(c2cccc(N3Cc4ccccc4C3=O)c2)CC(C)C1. The van der Waals surface area contributed by atoms with Crippen LogP contribution in [0.1, 0.15) is 51.8 Å². The van der Waals surface area contributed by atoms with Crippen molar-refractivity contribution in [1.82, 2.24) is 9.59 Å². The minimum absolute atomic E-state index is 0.0673. The van der Waals surface area contributed by atoms with Gasteiger partial charge in [0.05, 0.1) is 12.2 Å². The Morgan fingerprint density at radius 2 is 1.96 bits per heavy atom. The number of fused-ring (bicyclic) bond motifs is 1. The van der Waals surface area contributed by atoms with Crippen LogP contribution in [0.2, 0.25) is 0 Å². The number of amides is 1. The molecule has 0 N–H and O–H groups in total. The summed E-state index contributed by atoms with van der Waals surface area (Å²) in [5.74, 6) is 0.762. The van der Waals surface area contributed by atoms with Crippen molar-refractivity contribution in [2.75, 3.05) is 4.90 Å². The molecule has 2 heterocycles. The van der Waals surface area contributed by atoms with Gasteiger partial charge in [-0.3, -0.25) is 4.79 Å². The Morgan fingerprint density at radius 3 is 2.67 bits per heavy atom. The summed E-state index contributed by atoms with van der Waals surface area (Å²) in [4.78, 5) is 16.0. The fourth-order valence-corrected chi connectivity index (χ4v) is 5.37. The maximum Gasteiger partial charge on any atom is 0.258 e. The Balaban J connectivity index is 1.55. The summed E-state index contributed by atoms with van der Waals surface area (Å²) in [6.07, 6.45) is 2.16. The predicted octanol–water partition coefficient (Wildman–Crippen LogP) is 4.72. The maximum atomic E-state index is 12.9. The summed E-state index contributed by atoms with van der Waals surface area (Å²) < 4.78 is 4.19. The second kappa shape index (κ2) is 5.99. The third-order valence-corrected chi connectivity index (χ3v) is 6.66. The van der Waals surface area contributed by atoms with E-state index in [4.69, 9.17) is 0 Å². The largest absolute Gasteiger partial charge is 0.304 e. The molecule has 27 heavy (non-hydrogen) atoms. The lowest BCUT2D eigenvalue weighted by atomic mass is 9.57. The van der Waals surface area contributed by atoms with Gasteiger partial charge in [-0.15, -0.1) is 5.10 Å². The summed E-state index contributed by atoms with van der Waals surface area (Å²) in [6.45, 7) is 5.03. The van der Waals surface area contributed by atoms with E-state index in [-0.39, 0.29) is 11.3 Å². The molecule has 136 valence electrons. The highest BCUT2D eigenvalue weighted by atomic mass is 32.1. The van der Waals surface area contributed by atoms with Gasteiger partial charge in [-0.2, -0.15) is 0 Å². The van der Waals surface area contributed by atoms with Gasteiger partial charge < -0.3 is 4.90 Å². The van der Waals surface area contributed by atoms with Crippen molar-refractivity contribution in [1.29, 1.82) is 0 Å². The lowest BCUT2D eigenvalue weighted by molar-refractivity contribution is 0.0996.